The molecule has 1 fully saturated rings. The summed E-state index contributed by atoms with van der Waals surface area (Å²) < 4.78 is 15.8. The average Bonchev–Trinajstić information content (AvgIpc) is 2.62. The SMILES string of the molecule is COCCN(C(=O)CC1CSCCN1)c1ccc(OC)c(OC)c1. The molecule has 7 heteroatoms. The van der Waals surface area contributed by atoms with E-state index < -0.39 is 0 Å². The highest BCUT2D eigenvalue weighted by atomic mass is 32.2. The van der Waals surface area contributed by atoms with Gasteiger partial charge in [-0.25, -0.2) is 0 Å². The Morgan fingerprint density at radius 2 is 2.08 bits per heavy atom. The van der Waals surface area contributed by atoms with E-state index in [4.69, 9.17) is 14.2 Å². The van der Waals surface area contributed by atoms with Crippen LogP contribution in [-0.4, -0.2) is 64.5 Å². The quantitative estimate of drug-likeness (QED) is 0.768. The summed E-state index contributed by atoms with van der Waals surface area (Å²) in [6, 6.07) is 5.74. The van der Waals surface area contributed by atoms with Crippen molar-refractivity contribution in [1.29, 1.82) is 0 Å². The first-order valence-electron chi connectivity index (χ1n) is 8.02. The molecule has 1 aromatic rings. The lowest BCUT2D eigenvalue weighted by Crippen LogP contribution is -2.43. The molecule has 1 unspecified atom stereocenters. The van der Waals surface area contributed by atoms with E-state index in [1.807, 2.05) is 30.0 Å². The van der Waals surface area contributed by atoms with Crippen LogP contribution in [0.1, 0.15) is 6.42 Å². The summed E-state index contributed by atoms with van der Waals surface area (Å²) in [5.74, 6) is 3.41. The maximum absolute atomic E-state index is 12.8. The zero-order valence-electron chi connectivity index (χ0n) is 14.5. The molecule has 1 aliphatic rings. The Hall–Kier alpha value is -1.44. The highest BCUT2D eigenvalue weighted by Crippen LogP contribution is 2.31. The number of hydrogen-bond acceptors (Lipinski definition) is 6. The number of ether oxygens (including phenoxy) is 3. The summed E-state index contributed by atoms with van der Waals surface area (Å²) in [7, 11) is 4.82. The van der Waals surface area contributed by atoms with Crippen molar-refractivity contribution in [2.24, 2.45) is 0 Å². The molecule has 0 bridgehead atoms. The normalized spacial score (nSPS) is 17.4. The lowest BCUT2D eigenvalue weighted by atomic mass is 10.1. The molecule has 1 atom stereocenters. The van der Waals surface area contributed by atoms with Gasteiger partial charge in [-0.15, -0.1) is 0 Å². The van der Waals surface area contributed by atoms with Crippen LogP contribution in [0.15, 0.2) is 18.2 Å². The first-order valence-corrected chi connectivity index (χ1v) is 9.17. The monoisotopic (exact) mass is 354 g/mol. The van der Waals surface area contributed by atoms with Crippen LogP contribution in [-0.2, 0) is 9.53 Å². The molecule has 0 aliphatic carbocycles. The largest absolute Gasteiger partial charge is 0.493 e. The minimum absolute atomic E-state index is 0.0827. The molecule has 0 spiro atoms. The second-order valence-electron chi connectivity index (χ2n) is 5.51. The molecule has 0 aromatic heterocycles. The summed E-state index contributed by atoms with van der Waals surface area (Å²) in [6.07, 6.45) is 0.477. The number of methoxy groups -OCH3 is 3. The Morgan fingerprint density at radius 3 is 2.71 bits per heavy atom. The third-order valence-corrected chi connectivity index (χ3v) is 5.05. The predicted octanol–water partition coefficient (Wildman–Crippen LogP) is 1.78. The smallest absolute Gasteiger partial charge is 0.228 e. The van der Waals surface area contributed by atoms with Gasteiger partial charge in [-0.2, -0.15) is 11.8 Å². The minimum atomic E-state index is 0.0827. The van der Waals surface area contributed by atoms with E-state index in [1.165, 1.54) is 0 Å². The van der Waals surface area contributed by atoms with Crippen LogP contribution in [0.2, 0.25) is 0 Å². The Morgan fingerprint density at radius 1 is 1.29 bits per heavy atom. The molecule has 0 saturated carbocycles. The van der Waals surface area contributed by atoms with Gasteiger partial charge in [0.1, 0.15) is 0 Å². The van der Waals surface area contributed by atoms with Crippen molar-refractivity contribution in [3.8, 4) is 11.5 Å². The van der Waals surface area contributed by atoms with E-state index in [1.54, 1.807) is 26.2 Å². The number of carbonyl (C=O) groups excluding carboxylic acids is 1. The van der Waals surface area contributed by atoms with Crippen LogP contribution in [0, 0.1) is 0 Å². The van der Waals surface area contributed by atoms with Crippen molar-refractivity contribution in [2.75, 3.05) is 57.4 Å². The number of thioether (sulfide) groups is 1. The molecule has 2 rings (SSSR count). The Labute approximate surface area is 147 Å². The van der Waals surface area contributed by atoms with Crippen molar-refractivity contribution in [3.05, 3.63) is 18.2 Å². The Bertz CT molecular complexity index is 535. The number of anilines is 1. The number of rotatable bonds is 8. The number of hydrogen-bond donors (Lipinski definition) is 1. The number of amides is 1. The fourth-order valence-corrected chi connectivity index (χ4v) is 3.59. The van der Waals surface area contributed by atoms with E-state index in [-0.39, 0.29) is 11.9 Å². The van der Waals surface area contributed by atoms with Crippen LogP contribution < -0.4 is 19.7 Å². The van der Waals surface area contributed by atoms with E-state index in [9.17, 15) is 4.79 Å². The van der Waals surface area contributed by atoms with Crippen molar-refractivity contribution >= 4 is 23.4 Å². The summed E-state index contributed by atoms with van der Waals surface area (Å²) in [5, 5.41) is 3.41. The zero-order valence-corrected chi connectivity index (χ0v) is 15.4. The summed E-state index contributed by atoms with van der Waals surface area (Å²) in [5.41, 5.74) is 0.790. The van der Waals surface area contributed by atoms with Gasteiger partial charge in [-0.3, -0.25) is 4.79 Å². The lowest BCUT2D eigenvalue weighted by molar-refractivity contribution is -0.119. The predicted molar refractivity (Wildman–Crippen MR) is 97.5 cm³/mol. The molecule has 1 aromatic carbocycles. The van der Waals surface area contributed by atoms with Gasteiger partial charge in [-0.1, -0.05) is 0 Å². The maximum Gasteiger partial charge on any atom is 0.228 e. The fraction of sp³-hybridized carbons (Fsp3) is 0.588. The molecule has 1 amide bonds. The molecule has 1 saturated heterocycles. The van der Waals surface area contributed by atoms with Gasteiger partial charge in [-0.05, 0) is 12.1 Å². The molecule has 1 heterocycles. The second-order valence-corrected chi connectivity index (χ2v) is 6.66. The highest BCUT2D eigenvalue weighted by molar-refractivity contribution is 7.99. The molecule has 0 radical (unpaired) electrons. The van der Waals surface area contributed by atoms with E-state index >= 15 is 0 Å². The summed E-state index contributed by atoms with van der Waals surface area (Å²) >= 11 is 1.89. The van der Waals surface area contributed by atoms with Gasteiger partial charge in [0.2, 0.25) is 5.91 Å². The standard InChI is InChI=1S/C17H26N2O4S/c1-21-8-7-19(17(20)10-13-12-24-9-6-18-13)14-4-5-15(22-2)16(11-14)23-3/h4-5,11,13,18H,6-10,12H2,1-3H3. The van der Waals surface area contributed by atoms with Crippen molar-refractivity contribution in [2.45, 2.75) is 12.5 Å². The molecular weight excluding hydrogens is 328 g/mol. The van der Waals surface area contributed by atoms with Gasteiger partial charge >= 0.3 is 0 Å². The first-order chi connectivity index (χ1) is 11.7. The third-order valence-electron chi connectivity index (χ3n) is 3.92. The zero-order chi connectivity index (χ0) is 17.4. The molecule has 1 N–H and O–H groups in total. The number of benzene rings is 1. The maximum atomic E-state index is 12.8. The van der Waals surface area contributed by atoms with Crippen molar-refractivity contribution in [3.63, 3.8) is 0 Å². The van der Waals surface area contributed by atoms with Crippen LogP contribution in [0.5, 0.6) is 11.5 Å². The number of nitrogens with zero attached hydrogens (tertiary/aromatic N) is 1. The third kappa shape index (κ3) is 5.03. The summed E-state index contributed by atoms with van der Waals surface area (Å²) in [4.78, 5) is 14.6. The minimum Gasteiger partial charge on any atom is -0.493 e. The van der Waals surface area contributed by atoms with Gasteiger partial charge in [0.15, 0.2) is 11.5 Å². The van der Waals surface area contributed by atoms with Gasteiger partial charge in [0.25, 0.3) is 0 Å². The lowest BCUT2D eigenvalue weighted by Gasteiger charge is -2.28. The fourth-order valence-electron chi connectivity index (χ4n) is 2.64. The van der Waals surface area contributed by atoms with Crippen molar-refractivity contribution in [1.82, 2.24) is 5.32 Å². The first kappa shape index (κ1) is 18.9. The summed E-state index contributed by atoms with van der Waals surface area (Å²) in [6.45, 7) is 1.94. The number of carbonyl (C=O) groups is 1. The van der Waals surface area contributed by atoms with Crippen LogP contribution in [0.25, 0.3) is 0 Å². The molecule has 1 aliphatic heterocycles. The van der Waals surface area contributed by atoms with E-state index in [0.29, 0.717) is 31.1 Å². The molecular formula is C17H26N2O4S. The molecule has 24 heavy (non-hydrogen) atoms. The number of nitrogens with one attached hydrogen (secondary N) is 1. The van der Waals surface area contributed by atoms with Crippen LogP contribution in [0.3, 0.4) is 0 Å². The Balaban J connectivity index is 2.15. The topological polar surface area (TPSA) is 60.0 Å². The highest BCUT2D eigenvalue weighted by Gasteiger charge is 2.22. The van der Waals surface area contributed by atoms with Crippen molar-refractivity contribution < 1.29 is 19.0 Å². The van der Waals surface area contributed by atoms with Crippen LogP contribution >= 0.6 is 11.8 Å². The van der Waals surface area contributed by atoms with E-state index in [2.05, 4.69) is 5.32 Å². The average molecular weight is 354 g/mol. The van der Waals surface area contributed by atoms with Gasteiger partial charge in [0.05, 0.1) is 20.8 Å². The van der Waals surface area contributed by atoms with Gasteiger partial charge in [0, 0.05) is 55.9 Å². The van der Waals surface area contributed by atoms with E-state index in [0.717, 1.165) is 23.7 Å². The molecule has 134 valence electrons. The Kier molecular flexibility index (Phi) is 7.68. The van der Waals surface area contributed by atoms with Crippen LogP contribution in [0.4, 0.5) is 5.69 Å². The second kappa shape index (κ2) is 9.76. The van der Waals surface area contributed by atoms with Gasteiger partial charge < -0.3 is 24.4 Å². The molecule has 6 nitrogen and oxygen atoms in total.